The van der Waals surface area contributed by atoms with Crippen molar-refractivity contribution in [1.29, 1.82) is 0 Å². The molecule has 38 heavy (non-hydrogen) atoms. The Kier molecular flexibility index (Phi) is 6.15. The fourth-order valence-corrected chi connectivity index (χ4v) is 3.92. The van der Waals surface area contributed by atoms with Crippen LogP contribution in [-0.2, 0) is 6.18 Å². The maximum atomic E-state index is 15.0. The molecule has 0 saturated carbocycles. The average Bonchev–Trinajstić information content (AvgIpc) is 3.34. The number of alkyl halides is 3. The van der Waals surface area contributed by atoms with Crippen molar-refractivity contribution in [1.82, 2.24) is 24.3 Å². The van der Waals surface area contributed by atoms with Crippen molar-refractivity contribution in [3.05, 3.63) is 96.1 Å². The van der Waals surface area contributed by atoms with E-state index >= 15 is 0 Å². The lowest BCUT2D eigenvalue weighted by molar-refractivity contribution is -0.137. The lowest BCUT2D eigenvalue weighted by Gasteiger charge is -2.16. The number of carbonyl (C=O) groups excluding carboxylic acids is 2. The summed E-state index contributed by atoms with van der Waals surface area (Å²) in [6, 6.07) is 11.1. The summed E-state index contributed by atoms with van der Waals surface area (Å²) in [5, 5.41) is 2.54. The number of halogens is 4. The van der Waals surface area contributed by atoms with Crippen LogP contribution in [0.3, 0.4) is 0 Å². The number of aromatic nitrogens is 5. The molecule has 0 radical (unpaired) electrons. The van der Waals surface area contributed by atoms with Crippen LogP contribution in [0.25, 0.3) is 28.3 Å². The van der Waals surface area contributed by atoms with Crippen LogP contribution >= 0.6 is 0 Å². The predicted molar refractivity (Wildman–Crippen MR) is 129 cm³/mol. The van der Waals surface area contributed by atoms with Gasteiger partial charge in [0.1, 0.15) is 23.5 Å². The van der Waals surface area contributed by atoms with Crippen molar-refractivity contribution in [2.45, 2.75) is 13.1 Å². The van der Waals surface area contributed by atoms with Crippen molar-refractivity contribution in [2.24, 2.45) is 0 Å². The molecule has 0 bridgehead atoms. The molecule has 12 heteroatoms. The Morgan fingerprint density at radius 2 is 1.66 bits per heavy atom. The molecule has 0 unspecified atom stereocenters. The molecule has 5 aromatic rings. The molecule has 0 fully saturated rings. The molecular weight excluding hydrogens is 504 g/mol. The Morgan fingerprint density at radius 3 is 2.32 bits per heavy atom. The van der Waals surface area contributed by atoms with Gasteiger partial charge in [0, 0.05) is 30.4 Å². The molecule has 3 heterocycles. The zero-order valence-electron chi connectivity index (χ0n) is 19.5. The quantitative estimate of drug-likeness (QED) is 0.244. The van der Waals surface area contributed by atoms with E-state index in [-0.39, 0.29) is 40.4 Å². The second kappa shape index (κ2) is 9.47. The van der Waals surface area contributed by atoms with E-state index < -0.39 is 34.6 Å². The molecular formula is C26H16F4N6O2. The maximum absolute atomic E-state index is 15.0. The SMILES string of the molecule is CC(=O)c1cnc2c(NC(=O)c3cc(-c4ncccn4)c(C(F)(F)F)cc3F)c(-c3ccccc3)ncn12. The highest BCUT2D eigenvalue weighted by Gasteiger charge is 2.36. The lowest BCUT2D eigenvalue weighted by atomic mass is 10.0. The Balaban J connectivity index is 1.66. The van der Waals surface area contributed by atoms with Crippen molar-refractivity contribution in [2.75, 3.05) is 5.32 Å². The molecule has 1 amide bonds. The van der Waals surface area contributed by atoms with Gasteiger partial charge in [-0.15, -0.1) is 0 Å². The smallest absolute Gasteiger partial charge is 0.317 e. The molecule has 3 aromatic heterocycles. The number of nitrogens with one attached hydrogen (secondary N) is 1. The molecule has 190 valence electrons. The van der Waals surface area contributed by atoms with Crippen LogP contribution in [0.4, 0.5) is 23.2 Å². The average molecular weight is 520 g/mol. The summed E-state index contributed by atoms with van der Waals surface area (Å²) in [7, 11) is 0. The summed E-state index contributed by atoms with van der Waals surface area (Å²) in [6.07, 6.45) is 0.192. The van der Waals surface area contributed by atoms with E-state index in [2.05, 4.69) is 25.3 Å². The molecule has 2 aromatic carbocycles. The van der Waals surface area contributed by atoms with Gasteiger partial charge in [0.2, 0.25) is 0 Å². The molecule has 0 aliphatic heterocycles. The Morgan fingerprint density at radius 1 is 0.947 bits per heavy atom. The van der Waals surface area contributed by atoms with Gasteiger partial charge in [0.25, 0.3) is 5.91 Å². The fourth-order valence-electron chi connectivity index (χ4n) is 3.92. The second-order valence-corrected chi connectivity index (χ2v) is 8.13. The number of ketones is 1. The highest BCUT2D eigenvalue weighted by molar-refractivity contribution is 6.09. The first-order chi connectivity index (χ1) is 18.1. The highest BCUT2D eigenvalue weighted by atomic mass is 19.4. The number of fused-ring (bicyclic) bond motifs is 1. The summed E-state index contributed by atoms with van der Waals surface area (Å²) in [5.74, 6) is -3.11. The second-order valence-electron chi connectivity index (χ2n) is 8.13. The maximum Gasteiger partial charge on any atom is 0.417 e. The van der Waals surface area contributed by atoms with Crippen LogP contribution in [0, 0.1) is 5.82 Å². The van der Waals surface area contributed by atoms with Crippen LogP contribution in [0.5, 0.6) is 0 Å². The number of nitrogens with zero attached hydrogens (tertiary/aromatic N) is 5. The Labute approximate surface area is 212 Å². The zero-order chi connectivity index (χ0) is 27.0. The molecule has 0 saturated heterocycles. The number of Topliss-reactive ketones (excluding diaryl/α,β-unsaturated/α-hetero) is 1. The van der Waals surface area contributed by atoms with Gasteiger partial charge in [-0.1, -0.05) is 30.3 Å². The molecule has 1 N–H and O–H groups in total. The van der Waals surface area contributed by atoms with Crippen molar-refractivity contribution < 1.29 is 27.2 Å². The minimum Gasteiger partial charge on any atom is -0.317 e. The summed E-state index contributed by atoms with van der Waals surface area (Å²) in [6.45, 7) is 1.33. The van der Waals surface area contributed by atoms with E-state index in [1.165, 1.54) is 42.3 Å². The normalized spacial score (nSPS) is 11.5. The van der Waals surface area contributed by atoms with Gasteiger partial charge in [-0.3, -0.25) is 14.0 Å². The number of rotatable bonds is 5. The summed E-state index contributed by atoms with van der Waals surface area (Å²) >= 11 is 0. The third kappa shape index (κ3) is 4.47. The van der Waals surface area contributed by atoms with Crippen LogP contribution in [0.2, 0.25) is 0 Å². The molecule has 0 atom stereocenters. The first-order valence-corrected chi connectivity index (χ1v) is 11.1. The van der Waals surface area contributed by atoms with Gasteiger partial charge in [-0.2, -0.15) is 13.2 Å². The predicted octanol–water partition coefficient (Wildman–Crippen LogP) is 5.47. The molecule has 0 aliphatic carbocycles. The van der Waals surface area contributed by atoms with Crippen molar-refractivity contribution in [3.63, 3.8) is 0 Å². The monoisotopic (exact) mass is 520 g/mol. The van der Waals surface area contributed by atoms with Gasteiger partial charge in [0.15, 0.2) is 17.3 Å². The van der Waals surface area contributed by atoms with Crippen molar-refractivity contribution >= 4 is 23.0 Å². The van der Waals surface area contributed by atoms with Crippen LogP contribution < -0.4 is 5.32 Å². The van der Waals surface area contributed by atoms with E-state index in [0.29, 0.717) is 5.56 Å². The Bertz CT molecular complexity index is 1690. The van der Waals surface area contributed by atoms with E-state index in [9.17, 15) is 27.2 Å². The van der Waals surface area contributed by atoms with Crippen LogP contribution in [-0.4, -0.2) is 36.0 Å². The van der Waals surface area contributed by atoms with E-state index in [0.717, 1.165) is 6.07 Å². The lowest BCUT2D eigenvalue weighted by Crippen LogP contribution is -2.18. The standard InChI is InChI=1S/C26H16F4N6O2/c1-14(37)20-12-33-24-22(21(34-13-36(20)24)15-6-3-2-4-7-15)35-25(38)17-10-16(23-31-8-5-9-32-23)18(11-19(17)27)26(28,29)30/h2-13H,1H3,(H,35,38). The number of carbonyl (C=O) groups is 2. The first kappa shape index (κ1) is 24.7. The number of benzene rings is 2. The largest absolute Gasteiger partial charge is 0.417 e. The van der Waals surface area contributed by atoms with Gasteiger partial charge in [0.05, 0.1) is 23.0 Å². The zero-order valence-corrected chi connectivity index (χ0v) is 19.5. The van der Waals surface area contributed by atoms with E-state index in [1.54, 1.807) is 30.3 Å². The molecule has 5 rings (SSSR count). The summed E-state index contributed by atoms with van der Waals surface area (Å²) < 4.78 is 57.5. The number of amides is 1. The topological polar surface area (TPSA) is 102 Å². The molecule has 8 nitrogen and oxygen atoms in total. The van der Waals surface area contributed by atoms with Crippen LogP contribution in [0.15, 0.2) is 73.4 Å². The van der Waals surface area contributed by atoms with Gasteiger partial charge >= 0.3 is 6.18 Å². The number of imidazole rings is 1. The number of hydrogen-bond donors (Lipinski definition) is 1. The number of hydrogen-bond acceptors (Lipinski definition) is 6. The highest BCUT2D eigenvalue weighted by Crippen LogP contribution is 2.38. The summed E-state index contributed by atoms with van der Waals surface area (Å²) in [5.41, 5.74) is -1.39. The first-order valence-electron chi connectivity index (χ1n) is 11.1. The minimum absolute atomic E-state index is 0.0352. The van der Waals surface area contributed by atoms with Crippen molar-refractivity contribution in [3.8, 4) is 22.6 Å². The molecule has 0 spiro atoms. The number of anilines is 1. The van der Waals surface area contributed by atoms with Gasteiger partial charge in [-0.25, -0.2) is 24.3 Å². The summed E-state index contributed by atoms with van der Waals surface area (Å²) in [4.78, 5) is 41.6. The van der Waals surface area contributed by atoms with E-state index in [4.69, 9.17) is 0 Å². The van der Waals surface area contributed by atoms with Gasteiger partial charge < -0.3 is 5.32 Å². The minimum atomic E-state index is -4.93. The third-order valence-electron chi connectivity index (χ3n) is 5.67. The van der Waals surface area contributed by atoms with E-state index in [1.807, 2.05) is 0 Å². The van der Waals surface area contributed by atoms with Gasteiger partial charge in [-0.05, 0) is 18.2 Å². The fraction of sp³-hybridized carbons (Fsp3) is 0.0769. The van der Waals surface area contributed by atoms with Crippen LogP contribution in [0.1, 0.15) is 33.3 Å². The molecule has 0 aliphatic rings. The Hall–Kier alpha value is -5.00. The third-order valence-corrected chi connectivity index (χ3v) is 5.67.